The summed E-state index contributed by atoms with van der Waals surface area (Å²) in [6.07, 6.45) is 6.42. The third kappa shape index (κ3) is 1.78. The molecule has 0 amide bonds. The van der Waals surface area contributed by atoms with Crippen molar-refractivity contribution in [3.63, 3.8) is 0 Å². The molecule has 0 aliphatic heterocycles. The van der Waals surface area contributed by atoms with Gasteiger partial charge >= 0.3 is 0 Å². The van der Waals surface area contributed by atoms with E-state index in [1.165, 1.54) is 17.5 Å². The molecule has 0 aromatic heterocycles. The number of rotatable bonds is 1. The second-order valence-electron chi connectivity index (χ2n) is 7.74. The number of hydrogen-bond donors (Lipinski definition) is 2. The van der Waals surface area contributed by atoms with Gasteiger partial charge in [0.15, 0.2) is 11.5 Å². The normalized spacial score (nSPS) is 39.8. The van der Waals surface area contributed by atoms with Crippen LogP contribution in [0.3, 0.4) is 0 Å². The van der Waals surface area contributed by atoms with Crippen LogP contribution in [0.25, 0.3) is 0 Å². The third-order valence-electron chi connectivity index (χ3n) is 6.99. The number of hydrogen-bond acceptors (Lipinski definition) is 3. The molecule has 0 spiro atoms. The number of ether oxygens (including phenoxy) is 1. The quantitative estimate of drug-likeness (QED) is 0.833. The fourth-order valence-corrected chi connectivity index (χ4v) is 5.82. The minimum atomic E-state index is -0.116. The molecule has 3 heteroatoms. The maximum atomic E-state index is 10.4. The smallest absolute Gasteiger partial charge is 0.163 e. The second kappa shape index (κ2) is 4.89. The topological polar surface area (TPSA) is 49.7 Å². The van der Waals surface area contributed by atoms with Gasteiger partial charge < -0.3 is 14.9 Å². The minimum Gasteiger partial charge on any atom is -0.504 e. The van der Waals surface area contributed by atoms with E-state index in [1.54, 1.807) is 13.2 Å². The van der Waals surface area contributed by atoms with Crippen molar-refractivity contribution >= 4 is 0 Å². The number of fused-ring (bicyclic) bond motifs is 5. The number of aliphatic hydroxyl groups is 1. The van der Waals surface area contributed by atoms with Crippen molar-refractivity contribution in [3.05, 3.63) is 23.3 Å². The SMILES string of the molecule is COc1c(O)ccc2c1CC[C@@H]1[C@H]2CC[C@]2(C)[C@@H](O)CC[C@@H]12. The molecular weight excluding hydrogens is 276 g/mol. The molecule has 2 saturated carbocycles. The molecular formula is C19H26O3. The predicted molar refractivity (Wildman–Crippen MR) is 85.3 cm³/mol. The molecule has 0 radical (unpaired) electrons. The zero-order chi connectivity index (χ0) is 15.5. The molecule has 2 fully saturated rings. The van der Waals surface area contributed by atoms with E-state index in [1.807, 2.05) is 0 Å². The molecule has 0 heterocycles. The number of methoxy groups -OCH3 is 1. The number of phenolic OH excluding ortho intramolecular Hbond substituents is 1. The Morgan fingerprint density at radius 3 is 2.77 bits per heavy atom. The van der Waals surface area contributed by atoms with E-state index in [0.29, 0.717) is 23.5 Å². The van der Waals surface area contributed by atoms with Crippen molar-refractivity contribution in [2.75, 3.05) is 7.11 Å². The number of benzene rings is 1. The monoisotopic (exact) mass is 302 g/mol. The second-order valence-corrected chi connectivity index (χ2v) is 7.74. The lowest BCUT2D eigenvalue weighted by Gasteiger charge is -2.50. The summed E-state index contributed by atoms with van der Waals surface area (Å²) in [6, 6.07) is 3.90. The molecule has 1 aromatic rings. The van der Waals surface area contributed by atoms with Crippen LogP contribution in [0.1, 0.15) is 56.1 Å². The van der Waals surface area contributed by atoms with Crippen molar-refractivity contribution in [1.82, 2.24) is 0 Å². The number of aromatic hydroxyl groups is 1. The van der Waals surface area contributed by atoms with Gasteiger partial charge in [0, 0.05) is 5.56 Å². The maximum Gasteiger partial charge on any atom is 0.163 e. The first kappa shape index (κ1) is 14.4. The average molecular weight is 302 g/mol. The Morgan fingerprint density at radius 2 is 2.00 bits per heavy atom. The van der Waals surface area contributed by atoms with Crippen LogP contribution in [0.4, 0.5) is 0 Å². The van der Waals surface area contributed by atoms with Crippen LogP contribution in [-0.4, -0.2) is 23.4 Å². The third-order valence-corrected chi connectivity index (χ3v) is 6.99. The Morgan fingerprint density at radius 1 is 1.18 bits per heavy atom. The Balaban J connectivity index is 1.74. The summed E-state index contributed by atoms with van der Waals surface area (Å²) in [5.41, 5.74) is 2.72. The predicted octanol–water partition coefficient (Wildman–Crippen LogP) is 3.62. The summed E-state index contributed by atoms with van der Waals surface area (Å²) in [5.74, 6) is 2.83. The first-order valence-corrected chi connectivity index (χ1v) is 8.63. The molecule has 0 unspecified atom stereocenters. The van der Waals surface area contributed by atoms with Gasteiger partial charge in [-0.2, -0.15) is 0 Å². The Bertz CT molecular complexity index is 597. The zero-order valence-electron chi connectivity index (χ0n) is 13.5. The Hall–Kier alpha value is -1.22. The van der Waals surface area contributed by atoms with Crippen LogP contribution < -0.4 is 4.74 Å². The van der Waals surface area contributed by atoms with E-state index in [9.17, 15) is 10.2 Å². The van der Waals surface area contributed by atoms with Gasteiger partial charge in [-0.25, -0.2) is 0 Å². The van der Waals surface area contributed by atoms with Crippen LogP contribution in [-0.2, 0) is 6.42 Å². The van der Waals surface area contributed by atoms with Gasteiger partial charge in [-0.05, 0) is 73.3 Å². The number of phenols is 1. The lowest BCUT2D eigenvalue weighted by atomic mass is 9.55. The van der Waals surface area contributed by atoms with Crippen molar-refractivity contribution in [2.45, 2.75) is 57.5 Å². The summed E-state index contributed by atoms with van der Waals surface area (Å²) < 4.78 is 5.46. The molecule has 5 atom stereocenters. The van der Waals surface area contributed by atoms with E-state index in [0.717, 1.165) is 32.1 Å². The first-order chi connectivity index (χ1) is 10.6. The van der Waals surface area contributed by atoms with Gasteiger partial charge in [0.05, 0.1) is 13.2 Å². The fourth-order valence-electron chi connectivity index (χ4n) is 5.82. The fraction of sp³-hybridized carbons (Fsp3) is 0.684. The maximum absolute atomic E-state index is 10.4. The Labute approximate surface area is 132 Å². The van der Waals surface area contributed by atoms with Gasteiger partial charge in [0.2, 0.25) is 0 Å². The van der Waals surface area contributed by atoms with E-state index in [2.05, 4.69) is 13.0 Å². The van der Waals surface area contributed by atoms with Crippen LogP contribution in [0.2, 0.25) is 0 Å². The molecule has 2 N–H and O–H groups in total. The summed E-state index contributed by atoms with van der Waals surface area (Å²) in [7, 11) is 1.65. The standard InChI is InChI=1S/C19H26O3/c1-19-10-9-12-11-5-7-16(20)18(22-2)14(11)4-3-13(12)15(19)6-8-17(19)21/h5,7,12-13,15,17,20-21H,3-4,6,8-10H2,1-2H3/t12-,13+,15-,17-,19-/m0/s1. The summed E-state index contributed by atoms with van der Waals surface area (Å²) >= 11 is 0. The van der Waals surface area contributed by atoms with Crippen LogP contribution in [0, 0.1) is 17.3 Å². The lowest BCUT2D eigenvalue weighted by molar-refractivity contribution is -0.0227. The van der Waals surface area contributed by atoms with Crippen molar-refractivity contribution in [1.29, 1.82) is 0 Å². The highest BCUT2D eigenvalue weighted by atomic mass is 16.5. The zero-order valence-corrected chi connectivity index (χ0v) is 13.5. The number of aliphatic hydroxyl groups excluding tert-OH is 1. The largest absolute Gasteiger partial charge is 0.504 e. The van der Waals surface area contributed by atoms with Crippen LogP contribution in [0.15, 0.2) is 12.1 Å². The average Bonchev–Trinajstić information content (AvgIpc) is 2.82. The van der Waals surface area contributed by atoms with Gasteiger partial charge in [0.1, 0.15) is 0 Å². The van der Waals surface area contributed by atoms with Gasteiger partial charge in [0.25, 0.3) is 0 Å². The molecule has 22 heavy (non-hydrogen) atoms. The lowest BCUT2D eigenvalue weighted by Crippen LogP contribution is -2.43. The van der Waals surface area contributed by atoms with Gasteiger partial charge in [-0.15, -0.1) is 0 Å². The van der Waals surface area contributed by atoms with E-state index in [4.69, 9.17) is 4.74 Å². The molecule has 4 rings (SSSR count). The van der Waals surface area contributed by atoms with E-state index in [-0.39, 0.29) is 17.3 Å². The van der Waals surface area contributed by atoms with Crippen molar-refractivity contribution in [2.24, 2.45) is 17.3 Å². The highest BCUT2D eigenvalue weighted by molar-refractivity contribution is 5.52. The molecule has 1 aromatic carbocycles. The molecule has 3 aliphatic carbocycles. The summed E-state index contributed by atoms with van der Waals surface area (Å²) in [6.45, 7) is 2.30. The van der Waals surface area contributed by atoms with Crippen LogP contribution >= 0.6 is 0 Å². The molecule has 0 saturated heterocycles. The van der Waals surface area contributed by atoms with Crippen molar-refractivity contribution in [3.8, 4) is 11.5 Å². The Kier molecular flexibility index (Phi) is 3.19. The van der Waals surface area contributed by atoms with E-state index < -0.39 is 0 Å². The van der Waals surface area contributed by atoms with Crippen LogP contribution in [0.5, 0.6) is 11.5 Å². The van der Waals surface area contributed by atoms with Gasteiger partial charge in [-0.3, -0.25) is 0 Å². The molecule has 0 bridgehead atoms. The molecule has 120 valence electrons. The minimum absolute atomic E-state index is 0.116. The van der Waals surface area contributed by atoms with E-state index >= 15 is 0 Å². The van der Waals surface area contributed by atoms with Crippen molar-refractivity contribution < 1.29 is 14.9 Å². The molecule has 3 nitrogen and oxygen atoms in total. The van der Waals surface area contributed by atoms with Gasteiger partial charge in [-0.1, -0.05) is 13.0 Å². The highest BCUT2D eigenvalue weighted by Crippen LogP contribution is 2.61. The summed E-state index contributed by atoms with van der Waals surface area (Å²) in [4.78, 5) is 0. The first-order valence-electron chi connectivity index (χ1n) is 8.63. The molecule has 3 aliphatic rings. The highest BCUT2D eigenvalue weighted by Gasteiger charge is 2.54. The summed E-state index contributed by atoms with van der Waals surface area (Å²) in [5, 5.41) is 20.5.